The molecule has 0 aliphatic rings. The number of nitrogens with zero attached hydrogens (tertiary/aromatic N) is 2. The molecule has 1 aromatic carbocycles. The van der Waals surface area contributed by atoms with E-state index in [1.807, 2.05) is 0 Å². The molecule has 1 aromatic heterocycles. The van der Waals surface area contributed by atoms with Crippen molar-refractivity contribution in [3.05, 3.63) is 50.8 Å². The zero-order valence-electron chi connectivity index (χ0n) is 8.59. The van der Waals surface area contributed by atoms with Crippen molar-refractivity contribution in [2.75, 3.05) is 5.32 Å². The van der Waals surface area contributed by atoms with Gasteiger partial charge in [0.2, 0.25) is 0 Å². The van der Waals surface area contributed by atoms with E-state index in [0.29, 0.717) is 18.0 Å². The Hall–Kier alpha value is -1.89. The fraction of sp³-hybridized carbons (Fsp3) is 0.100. The maximum absolute atomic E-state index is 10.8. The third-order valence-electron chi connectivity index (χ3n) is 2.10. The maximum Gasteiger partial charge on any atom is 0.292 e. The van der Waals surface area contributed by atoms with Crippen LogP contribution >= 0.6 is 15.9 Å². The number of benzene rings is 1. The van der Waals surface area contributed by atoms with E-state index < -0.39 is 4.92 Å². The first-order valence-electron chi connectivity index (χ1n) is 4.74. The van der Waals surface area contributed by atoms with Crippen LogP contribution in [0.2, 0.25) is 0 Å². The summed E-state index contributed by atoms with van der Waals surface area (Å²) in [4.78, 5) is 10.4. The van der Waals surface area contributed by atoms with Gasteiger partial charge in [-0.3, -0.25) is 10.1 Å². The number of aromatic nitrogens is 1. The molecule has 0 atom stereocenters. The number of hydrogen-bond donors (Lipinski definition) is 1. The number of hydrogen-bond acceptors (Lipinski definition) is 5. The summed E-state index contributed by atoms with van der Waals surface area (Å²) >= 11 is 3.27. The lowest BCUT2D eigenvalue weighted by Crippen LogP contribution is -2.01. The highest BCUT2D eigenvalue weighted by molar-refractivity contribution is 9.10. The van der Waals surface area contributed by atoms with Gasteiger partial charge in [0.15, 0.2) is 5.76 Å². The van der Waals surface area contributed by atoms with Crippen molar-refractivity contribution in [3.8, 4) is 0 Å². The topological polar surface area (TPSA) is 81.2 Å². The van der Waals surface area contributed by atoms with E-state index in [-0.39, 0.29) is 5.69 Å². The molecule has 1 heterocycles. The van der Waals surface area contributed by atoms with Gasteiger partial charge in [-0.2, -0.15) is 0 Å². The van der Waals surface area contributed by atoms with E-state index in [9.17, 15) is 10.1 Å². The number of nitro benzene ring substituents is 1. The van der Waals surface area contributed by atoms with Crippen LogP contribution in [-0.4, -0.2) is 10.1 Å². The molecule has 0 fully saturated rings. The molecular formula is C10H8BrN3O3. The predicted molar refractivity (Wildman–Crippen MR) is 64.6 cm³/mol. The minimum atomic E-state index is -0.435. The van der Waals surface area contributed by atoms with Gasteiger partial charge in [0.25, 0.3) is 5.69 Å². The normalized spacial score (nSPS) is 10.2. The van der Waals surface area contributed by atoms with Crippen molar-refractivity contribution >= 4 is 27.3 Å². The summed E-state index contributed by atoms with van der Waals surface area (Å²) in [6, 6.07) is 6.40. The number of halogens is 1. The molecule has 0 aliphatic heterocycles. The zero-order valence-corrected chi connectivity index (χ0v) is 10.2. The number of rotatable bonds is 4. The molecular weight excluding hydrogens is 290 g/mol. The van der Waals surface area contributed by atoms with Gasteiger partial charge >= 0.3 is 0 Å². The van der Waals surface area contributed by atoms with E-state index in [1.54, 1.807) is 18.2 Å². The smallest absolute Gasteiger partial charge is 0.292 e. The van der Waals surface area contributed by atoms with Crippen LogP contribution in [0.25, 0.3) is 0 Å². The molecule has 17 heavy (non-hydrogen) atoms. The molecule has 0 saturated heterocycles. The average Bonchev–Trinajstić information content (AvgIpc) is 2.78. The molecule has 7 heteroatoms. The zero-order chi connectivity index (χ0) is 12.3. The first-order valence-corrected chi connectivity index (χ1v) is 5.53. The molecule has 2 rings (SSSR count). The summed E-state index contributed by atoms with van der Waals surface area (Å²) in [5, 5.41) is 17.3. The van der Waals surface area contributed by atoms with Gasteiger partial charge < -0.3 is 9.84 Å². The monoisotopic (exact) mass is 297 g/mol. The van der Waals surface area contributed by atoms with E-state index in [4.69, 9.17) is 4.52 Å². The van der Waals surface area contributed by atoms with Crippen molar-refractivity contribution in [3.63, 3.8) is 0 Å². The molecule has 0 bridgehead atoms. The Bertz CT molecular complexity index is 528. The highest BCUT2D eigenvalue weighted by Gasteiger charge is 2.13. The van der Waals surface area contributed by atoms with Crippen molar-refractivity contribution in [2.24, 2.45) is 0 Å². The highest BCUT2D eigenvalue weighted by atomic mass is 79.9. The van der Waals surface area contributed by atoms with Crippen LogP contribution in [0.15, 0.2) is 39.5 Å². The Morgan fingerprint density at radius 1 is 1.47 bits per heavy atom. The largest absolute Gasteiger partial charge is 0.372 e. The van der Waals surface area contributed by atoms with Gasteiger partial charge in [-0.1, -0.05) is 21.1 Å². The Morgan fingerprint density at radius 3 is 2.94 bits per heavy atom. The second-order valence-electron chi connectivity index (χ2n) is 3.25. The Labute approximate surface area is 105 Å². The fourth-order valence-corrected chi connectivity index (χ4v) is 1.69. The molecule has 0 spiro atoms. The lowest BCUT2D eigenvalue weighted by atomic mass is 10.2. The van der Waals surface area contributed by atoms with Crippen LogP contribution in [0.5, 0.6) is 0 Å². The molecule has 0 amide bonds. The van der Waals surface area contributed by atoms with Crippen molar-refractivity contribution in [1.82, 2.24) is 5.16 Å². The van der Waals surface area contributed by atoms with Crippen molar-refractivity contribution in [1.29, 1.82) is 0 Å². The average molecular weight is 298 g/mol. The second kappa shape index (κ2) is 4.96. The van der Waals surface area contributed by atoms with Gasteiger partial charge in [0.05, 0.1) is 17.7 Å². The van der Waals surface area contributed by atoms with E-state index in [0.717, 1.165) is 4.47 Å². The van der Waals surface area contributed by atoms with Crippen LogP contribution in [0.1, 0.15) is 5.76 Å². The van der Waals surface area contributed by atoms with E-state index in [2.05, 4.69) is 26.4 Å². The van der Waals surface area contributed by atoms with Gasteiger partial charge in [-0.05, 0) is 12.1 Å². The van der Waals surface area contributed by atoms with Gasteiger partial charge in [0.1, 0.15) is 5.69 Å². The molecule has 88 valence electrons. The number of anilines is 1. The first kappa shape index (κ1) is 11.6. The van der Waals surface area contributed by atoms with Crippen molar-refractivity contribution in [2.45, 2.75) is 6.54 Å². The molecule has 0 radical (unpaired) electrons. The van der Waals surface area contributed by atoms with Gasteiger partial charge in [0, 0.05) is 16.6 Å². The van der Waals surface area contributed by atoms with Crippen LogP contribution in [-0.2, 0) is 6.54 Å². The maximum atomic E-state index is 10.8. The summed E-state index contributed by atoms with van der Waals surface area (Å²) in [6.45, 7) is 0.345. The first-order chi connectivity index (χ1) is 8.16. The SMILES string of the molecule is O=[N+]([O-])c1ccc(Br)cc1NCc1ccno1. The molecule has 0 saturated carbocycles. The minimum Gasteiger partial charge on any atom is -0.372 e. The third-order valence-corrected chi connectivity index (χ3v) is 2.59. The molecule has 6 nitrogen and oxygen atoms in total. The molecule has 1 N–H and O–H groups in total. The van der Waals surface area contributed by atoms with Gasteiger partial charge in [-0.15, -0.1) is 0 Å². The van der Waals surface area contributed by atoms with E-state index in [1.165, 1.54) is 12.3 Å². The van der Waals surface area contributed by atoms with Crippen molar-refractivity contribution < 1.29 is 9.45 Å². The third kappa shape index (κ3) is 2.82. The van der Waals surface area contributed by atoms with Crippen LogP contribution in [0.3, 0.4) is 0 Å². The standard InChI is InChI=1S/C10H8BrN3O3/c11-7-1-2-10(14(15)16)9(5-7)12-6-8-3-4-13-17-8/h1-5,12H,6H2. The quantitative estimate of drug-likeness (QED) is 0.693. The summed E-state index contributed by atoms with van der Waals surface area (Å²) in [7, 11) is 0. The van der Waals surface area contributed by atoms with Crippen LogP contribution < -0.4 is 5.32 Å². The Balaban J connectivity index is 2.19. The Kier molecular flexibility index (Phi) is 3.38. The minimum absolute atomic E-state index is 0.0210. The predicted octanol–water partition coefficient (Wildman–Crippen LogP) is 2.96. The summed E-state index contributed by atoms with van der Waals surface area (Å²) in [6.07, 6.45) is 1.52. The lowest BCUT2D eigenvalue weighted by molar-refractivity contribution is -0.384. The van der Waals surface area contributed by atoms with Crippen LogP contribution in [0.4, 0.5) is 11.4 Å². The van der Waals surface area contributed by atoms with Crippen LogP contribution in [0, 0.1) is 10.1 Å². The Morgan fingerprint density at radius 2 is 2.29 bits per heavy atom. The highest BCUT2D eigenvalue weighted by Crippen LogP contribution is 2.28. The lowest BCUT2D eigenvalue weighted by Gasteiger charge is -2.05. The van der Waals surface area contributed by atoms with E-state index >= 15 is 0 Å². The summed E-state index contributed by atoms with van der Waals surface area (Å²) < 4.78 is 5.66. The number of nitrogens with one attached hydrogen (secondary N) is 1. The van der Waals surface area contributed by atoms with Gasteiger partial charge in [-0.25, -0.2) is 0 Å². The number of nitro groups is 1. The summed E-state index contributed by atoms with van der Waals surface area (Å²) in [5.74, 6) is 0.610. The second-order valence-corrected chi connectivity index (χ2v) is 4.17. The summed E-state index contributed by atoms with van der Waals surface area (Å²) in [5.41, 5.74) is 0.452. The fourth-order valence-electron chi connectivity index (χ4n) is 1.32. The molecule has 0 aliphatic carbocycles. The molecule has 2 aromatic rings. The molecule has 0 unspecified atom stereocenters.